The molecule has 0 aromatic heterocycles. The normalized spacial score (nSPS) is 31.1. The summed E-state index contributed by atoms with van der Waals surface area (Å²) in [4.78, 5) is 15.7. The lowest BCUT2D eigenvalue weighted by Gasteiger charge is -2.44. The fourth-order valence-corrected chi connectivity index (χ4v) is 6.42. The first-order chi connectivity index (χ1) is 17.0. The third-order valence-corrected chi connectivity index (χ3v) is 8.75. The lowest BCUT2D eigenvalue weighted by molar-refractivity contribution is -0.151. The van der Waals surface area contributed by atoms with E-state index in [4.69, 9.17) is 9.47 Å². The van der Waals surface area contributed by atoms with Crippen LogP contribution in [0.25, 0.3) is 0 Å². The van der Waals surface area contributed by atoms with Crippen molar-refractivity contribution in [2.45, 2.75) is 82.3 Å². The van der Waals surface area contributed by atoms with Crippen LogP contribution in [0.15, 0.2) is 24.3 Å². The van der Waals surface area contributed by atoms with Gasteiger partial charge in [0.2, 0.25) is 5.91 Å². The van der Waals surface area contributed by atoms with E-state index in [0.29, 0.717) is 13.2 Å². The number of piperidine rings is 1. The van der Waals surface area contributed by atoms with Gasteiger partial charge in [0.05, 0.1) is 29.3 Å². The number of carbonyl (C=O) groups excluding carboxylic acids is 1. The maximum atomic E-state index is 13.9. The number of hydrogen-bond acceptors (Lipinski definition) is 5. The number of nitrogens with zero attached hydrogens (tertiary/aromatic N) is 1. The molecule has 3 aliphatic rings. The number of nitrogens with one attached hydrogen (secondary N) is 1. The SMILES string of the molecule is COC1COCCC1NC1CCC(C(=O)N2CCC(O)(c3ccccc3C(F)(F)F)CC2)(C(C)C)C1. The standard InChI is InChI=1S/C27H39F3N2O4/c1-18(2)25(10-8-19(16-25)31-22-9-15-36-17-23(22)35-3)24(33)32-13-11-26(34,12-14-32)20-6-4-5-7-21(20)27(28,29)30/h4-7,18-19,22-23,31,34H,8-17H2,1-3H3. The molecule has 202 valence electrons. The van der Waals surface area contributed by atoms with Gasteiger partial charge < -0.3 is 24.8 Å². The molecule has 4 unspecified atom stereocenters. The van der Waals surface area contributed by atoms with Gasteiger partial charge in [-0.1, -0.05) is 32.0 Å². The van der Waals surface area contributed by atoms with E-state index in [1.54, 1.807) is 12.0 Å². The van der Waals surface area contributed by atoms with Crippen molar-refractivity contribution in [2.24, 2.45) is 11.3 Å². The number of halogens is 3. The molecule has 3 fully saturated rings. The second-order valence-electron chi connectivity index (χ2n) is 11.0. The summed E-state index contributed by atoms with van der Waals surface area (Å²) in [7, 11) is 1.69. The second-order valence-corrected chi connectivity index (χ2v) is 11.0. The highest BCUT2D eigenvalue weighted by atomic mass is 19.4. The molecule has 0 radical (unpaired) electrons. The number of benzene rings is 1. The number of rotatable bonds is 6. The number of likely N-dealkylation sites (tertiary alicyclic amines) is 1. The van der Waals surface area contributed by atoms with E-state index in [1.165, 1.54) is 18.2 Å². The van der Waals surface area contributed by atoms with Crippen LogP contribution >= 0.6 is 0 Å². The Kier molecular flexibility index (Phi) is 8.05. The van der Waals surface area contributed by atoms with Crippen LogP contribution in [-0.2, 0) is 26.0 Å². The van der Waals surface area contributed by atoms with Crippen molar-refractivity contribution in [1.82, 2.24) is 10.2 Å². The van der Waals surface area contributed by atoms with E-state index in [1.807, 2.05) is 0 Å². The Morgan fingerprint density at radius 3 is 2.53 bits per heavy atom. The predicted octanol–water partition coefficient (Wildman–Crippen LogP) is 4.10. The Balaban J connectivity index is 1.44. The van der Waals surface area contributed by atoms with Crippen molar-refractivity contribution in [3.63, 3.8) is 0 Å². The van der Waals surface area contributed by atoms with Crippen molar-refractivity contribution < 1.29 is 32.5 Å². The molecule has 1 amide bonds. The van der Waals surface area contributed by atoms with Gasteiger partial charge in [0.15, 0.2) is 0 Å². The third kappa shape index (κ3) is 5.30. The summed E-state index contributed by atoms with van der Waals surface area (Å²) in [6.45, 7) is 5.87. The fraction of sp³-hybridized carbons (Fsp3) is 0.741. The monoisotopic (exact) mass is 512 g/mol. The highest BCUT2D eigenvalue weighted by molar-refractivity contribution is 5.83. The lowest BCUT2D eigenvalue weighted by Crippen LogP contribution is -2.53. The minimum Gasteiger partial charge on any atom is -0.385 e. The molecule has 4 atom stereocenters. The van der Waals surface area contributed by atoms with Crippen molar-refractivity contribution >= 4 is 5.91 Å². The highest BCUT2D eigenvalue weighted by Gasteiger charge is 2.51. The number of alkyl halides is 3. The lowest BCUT2D eigenvalue weighted by atomic mass is 9.73. The van der Waals surface area contributed by atoms with E-state index in [9.17, 15) is 23.1 Å². The van der Waals surface area contributed by atoms with Gasteiger partial charge in [-0.05, 0) is 56.1 Å². The molecule has 6 nitrogen and oxygen atoms in total. The molecule has 2 saturated heterocycles. The molecular weight excluding hydrogens is 473 g/mol. The van der Waals surface area contributed by atoms with E-state index >= 15 is 0 Å². The number of amides is 1. The highest BCUT2D eigenvalue weighted by Crippen LogP contribution is 2.48. The topological polar surface area (TPSA) is 71.0 Å². The quantitative estimate of drug-likeness (QED) is 0.601. The molecule has 9 heteroatoms. The molecule has 2 N–H and O–H groups in total. The third-order valence-electron chi connectivity index (χ3n) is 8.75. The van der Waals surface area contributed by atoms with Crippen LogP contribution < -0.4 is 5.32 Å². The zero-order valence-electron chi connectivity index (χ0n) is 21.4. The summed E-state index contributed by atoms with van der Waals surface area (Å²) in [5, 5.41) is 14.9. The molecule has 2 heterocycles. The van der Waals surface area contributed by atoms with Crippen LogP contribution in [0.2, 0.25) is 0 Å². The van der Waals surface area contributed by atoms with Crippen molar-refractivity contribution in [1.29, 1.82) is 0 Å². The maximum Gasteiger partial charge on any atom is 0.416 e. The number of hydrogen-bond donors (Lipinski definition) is 2. The second kappa shape index (κ2) is 10.6. The van der Waals surface area contributed by atoms with Gasteiger partial charge in [0, 0.05) is 38.9 Å². The van der Waals surface area contributed by atoms with E-state index in [2.05, 4.69) is 19.2 Å². The average Bonchev–Trinajstić information content (AvgIpc) is 3.29. The predicted molar refractivity (Wildman–Crippen MR) is 129 cm³/mol. The van der Waals surface area contributed by atoms with Gasteiger partial charge in [-0.3, -0.25) is 4.79 Å². The number of ether oxygens (including phenoxy) is 2. The zero-order valence-corrected chi connectivity index (χ0v) is 21.4. The number of aliphatic hydroxyl groups is 1. The molecule has 1 saturated carbocycles. The molecule has 36 heavy (non-hydrogen) atoms. The van der Waals surface area contributed by atoms with Crippen molar-refractivity contribution in [3.05, 3.63) is 35.4 Å². The molecule has 0 spiro atoms. The minimum atomic E-state index is -4.54. The summed E-state index contributed by atoms with van der Waals surface area (Å²) < 4.78 is 51.8. The maximum absolute atomic E-state index is 13.9. The van der Waals surface area contributed by atoms with Gasteiger partial charge in [0.25, 0.3) is 0 Å². The Bertz CT molecular complexity index is 917. The van der Waals surface area contributed by atoms with E-state index in [-0.39, 0.29) is 61.5 Å². The largest absolute Gasteiger partial charge is 0.416 e. The molecule has 1 aromatic carbocycles. The van der Waals surface area contributed by atoms with Gasteiger partial charge in [-0.25, -0.2) is 0 Å². The summed E-state index contributed by atoms with van der Waals surface area (Å²) >= 11 is 0. The average molecular weight is 513 g/mol. The van der Waals surface area contributed by atoms with Crippen LogP contribution in [0.4, 0.5) is 13.2 Å². The first-order valence-corrected chi connectivity index (χ1v) is 13.1. The van der Waals surface area contributed by atoms with E-state index < -0.39 is 22.8 Å². The summed E-state index contributed by atoms with van der Waals surface area (Å²) in [6, 6.07) is 5.60. The number of methoxy groups -OCH3 is 1. The fourth-order valence-electron chi connectivity index (χ4n) is 6.42. The molecule has 1 aromatic rings. The van der Waals surface area contributed by atoms with Crippen LogP contribution in [0.3, 0.4) is 0 Å². The summed E-state index contributed by atoms with van der Waals surface area (Å²) in [5.41, 5.74) is -3.04. The van der Waals surface area contributed by atoms with Crippen LogP contribution in [0.1, 0.15) is 63.5 Å². The molecule has 2 aliphatic heterocycles. The van der Waals surface area contributed by atoms with Crippen molar-refractivity contribution in [3.8, 4) is 0 Å². The molecular formula is C27H39F3N2O4. The Hall–Kier alpha value is -1.68. The Labute approximate surface area is 211 Å². The Morgan fingerprint density at radius 1 is 1.19 bits per heavy atom. The van der Waals surface area contributed by atoms with Gasteiger partial charge in [-0.15, -0.1) is 0 Å². The van der Waals surface area contributed by atoms with Gasteiger partial charge in [0.1, 0.15) is 0 Å². The molecule has 1 aliphatic carbocycles. The van der Waals surface area contributed by atoms with Crippen LogP contribution in [-0.4, -0.2) is 67.5 Å². The van der Waals surface area contributed by atoms with Gasteiger partial charge >= 0.3 is 6.18 Å². The zero-order chi connectivity index (χ0) is 26.1. The number of carbonyl (C=O) groups is 1. The smallest absolute Gasteiger partial charge is 0.385 e. The molecule has 0 bridgehead atoms. The molecule has 4 rings (SSSR count). The summed E-state index contributed by atoms with van der Waals surface area (Å²) in [6.07, 6.45) is -1.16. The van der Waals surface area contributed by atoms with Crippen LogP contribution in [0, 0.1) is 11.3 Å². The first-order valence-electron chi connectivity index (χ1n) is 13.1. The first kappa shape index (κ1) is 27.4. The van der Waals surface area contributed by atoms with E-state index in [0.717, 1.165) is 31.7 Å². The van der Waals surface area contributed by atoms with Crippen LogP contribution in [0.5, 0.6) is 0 Å². The summed E-state index contributed by atoms with van der Waals surface area (Å²) in [5.74, 6) is 0.180. The van der Waals surface area contributed by atoms with Crippen molar-refractivity contribution in [2.75, 3.05) is 33.4 Å². The minimum absolute atomic E-state index is 0.0113. The Morgan fingerprint density at radius 2 is 1.89 bits per heavy atom. The van der Waals surface area contributed by atoms with Gasteiger partial charge in [-0.2, -0.15) is 13.2 Å².